The SMILES string of the molecule is CCC(I)C(=O)OCCOC(=O)CN1CCOCC1. The maximum Gasteiger partial charge on any atom is 0.320 e. The molecule has 0 aliphatic carbocycles. The van der Waals surface area contributed by atoms with E-state index in [2.05, 4.69) is 0 Å². The summed E-state index contributed by atoms with van der Waals surface area (Å²) in [5.41, 5.74) is 0. The van der Waals surface area contributed by atoms with Gasteiger partial charge in [-0.1, -0.05) is 29.5 Å². The van der Waals surface area contributed by atoms with Crippen LogP contribution in [0, 0.1) is 0 Å². The lowest BCUT2D eigenvalue weighted by Gasteiger charge is -2.25. The summed E-state index contributed by atoms with van der Waals surface area (Å²) in [4.78, 5) is 24.8. The molecular weight excluding hydrogens is 365 g/mol. The van der Waals surface area contributed by atoms with Crippen molar-refractivity contribution in [3.63, 3.8) is 0 Å². The maximum atomic E-state index is 11.5. The standard InChI is InChI=1S/C12H20INO5/c1-2-10(13)12(16)19-8-7-18-11(15)9-14-3-5-17-6-4-14/h10H,2-9H2,1H3. The van der Waals surface area contributed by atoms with Gasteiger partial charge in [-0.2, -0.15) is 0 Å². The Morgan fingerprint density at radius 3 is 2.53 bits per heavy atom. The third-order valence-corrected chi connectivity index (χ3v) is 4.05. The Hall–Kier alpha value is -0.410. The molecule has 1 saturated heterocycles. The number of hydrogen-bond donors (Lipinski definition) is 0. The van der Waals surface area contributed by atoms with E-state index in [9.17, 15) is 9.59 Å². The molecule has 1 rings (SSSR count). The van der Waals surface area contributed by atoms with Gasteiger partial charge in [0.05, 0.1) is 19.8 Å². The minimum atomic E-state index is -0.292. The van der Waals surface area contributed by atoms with Gasteiger partial charge in [-0.15, -0.1) is 0 Å². The molecule has 0 saturated carbocycles. The van der Waals surface area contributed by atoms with E-state index in [0.29, 0.717) is 13.2 Å². The summed E-state index contributed by atoms with van der Waals surface area (Å²) < 4.78 is 15.0. The maximum absolute atomic E-state index is 11.5. The Morgan fingerprint density at radius 2 is 1.89 bits per heavy atom. The number of alkyl halides is 1. The second-order valence-electron chi connectivity index (χ2n) is 4.15. The molecule has 1 unspecified atom stereocenters. The lowest BCUT2D eigenvalue weighted by atomic mass is 10.3. The predicted octanol–water partition coefficient (Wildman–Crippen LogP) is 0.619. The molecule has 1 atom stereocenters. The average Bonchev–Trinajstić information content (AvgIpc) is 2.43. The number of carbonyl (C=O) groups is 2. The number of esters is 2. The summed E-state index contributed by atoms with van der Waals surface area (Å²) in [6, 6.07) is 0. The van der Waals surface area contributed by atoms with E-state index in [1.165, 1.54) is 0 Å². The molecule has 0 aromatic rings. The monoisotopic (exact) mass is 385 g/mol. The Morgan fingerprint density at radius 1 is 1.26 bits per heavy atom. The van der Waals surface area contributed by atoms with E-state index >= 15 is 0 Å². The highest BCUT2D eigenvalue weighted by Crippen LogP contribution is 2.06. The van der Waals surface area contributed by atoms with Crippen LogP contribution >= 0.6 is 22.6 Å². The van der Waals surface area contributed by atoms with Crippen LogP contribution in [0.4, 0.5) is 0 Å². The van der Waals surface area contributed by atoms with Gasteiger partial charge in [-0.05, 0) is 6.42 Å². The molecule has 1 aliphatic heterocycles. The molecule has 1 aliphatic rings. The minimum absolute atomic E-state index is 0.113. The van der Waals surface area contributed by atoms with Gasteiger partial charge in [0, 0.05) is 13.1 Å². The molecule has 0 bridgehead atoms. The number of ether oxygens (including phenoxy) is 3. The zero-order chi connectivity index (χ0) is 14.1. The van der Waals surface area contributed by atoms with Gasteiger partial charge in [-0.3, -0.25) is 14.5 Å². The van der Waals surface area contributed by atoms with Crippen molar-refractivity contribution in [3.05, 3.63) is 0 Å². The number of morpholine rings is 1. The molecule has 0 aromatic heterocycles. The quantitative estimate of drug-likeness (QED) is 0.277. The molecule has 19 heavy (non-hydrogen) atoms. The van der Waals surface area contributed by atoms with Crippen molar-refractivity contribution in [2.24, 2.45) is 0 Å². The van der Waals surface area contributed by atoms with Crippen LogP contribution in [-0.2, 0) is 23.8 Å². The first-order valence-corrected chi connectivity index (χ1v) is 7.64. The van der Waals surface area contributed by atoms with Crippen LogP contribution in [0.25, 0.3) is 0 Å². The highest BCUT2D eigenvalue weighted by atomic mass is 127. The van der Waals surface area contributed by atoms with E-state index in [0.717, 1.165) is 19.5 Å². The summed E-state index contributed by atoms with van der Waals surface area (Å²) in [7, 11) is 0. The first kappa shape index (κ1) is 16.6. The van der Waals surface area contributed by atoms with Crippen LogP contribution < -0.4 is 0 Å². The van der Waals surface area contributed by atoms with E-state index in [-0.39, 0.29) is 35.6 Å². The highest BCUT2D eigenvalue weighted by Gasteiger charge is 2.16. The molecule has 0 amide bonds. The Kier molecular flexibility index (Phi) is 8.31. The van der Waals surface area contributed by atoms with Crippen LogP contribution in [0.5, 0.6) is 0 Å². The smallest absolute Gasteiger partial charge is 0.320 e. The van der Waals surface area contributed by atoms with Crippen molar-refractivity contribution in [2.75, 3.05) is 46.1 Å². The van der Waals surface area contributed by atoms with Gasteiger partial charge in [0.2, 0.25) is 0 Å². The summed E-state index contributed by atoms with van der Waals surface area (Å²) in [6.45, 7) is 5.21. The Labute approximate surface area is 126 Å². The third-order valence-electron chi connectivity index (χ3n) is 2.66. The summed E-state index contributed by atoms with van der Waals surface area (Å²) in [5, 5.41) is 0. The summed E-state index contributed by atoms with van der Waals surface area (Å²) >= 11 is 2.03. The number of nitrogens with zero attached hydrogens (tertiary/aromatic N) is 1. The molecule has 1 fully saturated rings. The predicted molar refractivity (Wildman–Crippen MR) is 77.3 cm³/mol. The van der Waals surface area contributed by atoms with Crippen molar-refractivity contribution in [1.29, 1.82) is 0 Å². The van der Waals surface area contributed by atoms with Gasteiger partial charge in [0.25, 0.3) is 0 Å². The van der Waals surface area contributed by atoms with Crippen LogP contribution in [0.1, 0.15) is 13.3 Å². The average molecular weight is 385 g/mol. The van der Waals surface area contributed by atoms with Gasteiger partial charge < -0.3 is 14.2 Å². The molecular formula is C12H20INO5. The topological polar surface area (TPSA) is 65.1 Å². The normalized spacial score (nSPS) is 17.8. The number of hydrogen-bond acceptors (Lipinski definition) is 6. The van der Waals surface area contributed by atoms with Gasteiger partial charge in [0.15, 0.2) is 0 Å². The van der Waals surface area contributed by atoms with Crippen molar-refractivity contribution < 1.29 is 23.8 Å². The van der Waals surface area contributed by atoms with Crippen molar-refractivity contribution >= 4 is 34.5 Å². The highest BCUT2D eigenvalue weighted by molar-refractivity contribution is 14.1. The number of rotatable bonds is 7. The lowest BCUT2D eigenvalue weighted by Crippen LogP contribution is -2.40. The second-order valence-corrected chi connectivity index (χ2v) is 5.66. The van der Waals surface area contributed by atoms with Crippen LogP contribution in [0.3, 0.4) is 0 Å². The summed E-state index contributed by atoms with van der Waals surface area (Å²) in [5.74, 6) is -0.549. The van der Waals surface area contributed by atoms with E-state index in [4.69, 9.17) is 14.2 Å². The fourth-order valence-corrected chi connectivity index (χ4v) is 1.72. The van der Waals surface area contributed by atoms with Crippen LogP contribution in [-0.4, -0.2) is 66.8 Å². The van der Waals surface area contributed by atoms with Crippen molar-refractivity contribution in [3.8, 4) is 0 Å². The molecule has 7 heteroatoms. The first-order chi connectivity index (χ1) is 9.13. The molecule has 0 N–H and O–H groups in total. The van der Waals surface area contributed by atoms with E-state index < -0.39 is 0 Å². The minimum Gasteiger partial charge on any atom is -0.461 e. The molecule has 6 nitrogen and oxygen atoms in total. The zero-order valence-corrected chi connectivity index (χ0v) is 13.3. The third kappa shape index (κ3) is 7.07. The first-order valence-electron chi connectivity index (χ1n) is 6.40. The second kappa shape index (κ2) is 9.49. The van der Waals surface area contributed by atoms with Crippen molar-refractivity contribution in [1.82, 2.24) is 4.90 Å². The molecule has 110 valence electrons. The Bertz CT molecular complexity index is 294. The fraction of sp³-hybridized carbons (Fsp3) is 0.833. The fourth-order valence-electron chi connectivity index (χ4n) is 1.54. The summed E-state index contributed by atoms with van der Waals surface area (Å²) in [6.07, 6.45) is 0.732. The molecule has 0 radical (unpaired) electrons. The number of carbonyl (C=O) groups excluding carboxylic acids is 2. The molecule has 0 spiro atoms. The van der Waals surface area contributed by atoms with Crippen LogP contribution in [0.2, 0.25) is 0 Å². The molecule has 1 heterocycles. The van der Waals surface area contributed by atoms with Crippen LogP contribution in [0.15, 0.2) is 0 Å². The van der Waals surface area contributed by atoms with E-state index in [1.54, 1.807) is 0 Å². The number of halogens is 1. The van der Waals surface area contributed by atoms with Gasteiger partial charge >= 0.3 is 11.9 Å². The van der Waals surface area contributed by atoms with Gasteiger partial charge in [0.1, 0.15) is 17.1 Å². The molecule has 0 aromatic carbocycles. The Balaban J connectivity index is 2.05. The lowest BCUT2D eigenvalue weighted by molar-refractivity contribution is -0.153. The van der Waals surface area contributed by atoms with Crippen molar-refractivity contribution in [2.45, 2.75) is 17.3 Å². The van der Waals surface area contributed by atoms with E-state index in [1.807, 2.05) is 34.4 Å². The largest absolute Gasteiger partial charge is 0.461 e. The zero-order valence-electron chi connectivity index (χ0n) is 11.1. The van der Waals surface area contributed by atoms with Gasteiger partial charge in [-0.25, -0.2) is 0 Å².